The van der Waals surface area contributed by atoms with Crippen LogP contribution < -0.4 is 10.6 Å². The molecule has 2 heterocycles. The molecule has 0 saturated heterocycles. The van der Waals surface area contributed by atoms with Crippen LogP contribution in [0.1, 0.15) is 11.1 Å². The van der Waals surface area contributed by atoms with E-state index in [1.807, 2.05) is 60.7 Å². The summed E-state index contributed by atoms with van der Waals surface area (Å²) >= 11 is 6.06. The molecule has 0 spiro atoms. The number of rotatable bonds is 6. The molecule has 0 amide bonds. The molecular formula is C26H25ClN6O2. The van der Waals surface area contributed by atoms with Gasteiger partial charge in [-0.1, -0.05) is 84.4 Å². The lowest BCUT2D eigenvalue weighted by molar-refractivity contribution is 0.785. The van der Waals surface area contributed by atoms with Crippen LogP contribution in [0.15, 0.2) is 91.1 Å². The van der Waals surface area contributed by atoms with E-state index in [9.17, 15) is 0 Å². The minimum absolute atomic E-state index is 0. The molecule has 9 heteroatoms. The Kier molecular flexibility index (Phi) is 8.27. The summed E-state index contributed by atoms with van der Waals surface area (Å²) in [6.45, 7) is 1.27. The number of nitrogens with two attached hydrogens (primary N) is 1. The predicted molar refractivity (Wildman–Crippen MR) is 140 cm³/mol. The monoisotopic (exact) mass is 488 g/mol. The topological polar surface area (TPSA) is 144 Å². The van der Waals surface area contributed by atoms with E-state index in [1.165, 1.54) is 0 Å². The quantitative estimate of drug-likeness (QED) is 0.384. The van der Waals surface area contributed by atoms with Crippen LogP contribution in [-0.4, -0.2) is 30.9 Å². The van der Waals surface area contributed by atoms with Gasteiger partial charge in [0.15, 0.2) is 17.0 Å². The Morgan fingerprint density at radius 2 is 1.29 bits per heavy atom. The molecule has 5 aromatic rings. The van der Waals surface area contributed by atoms with Crippen molar-refractivity contribution >= 4 is 34.5 Å². The lowest BCUT2D eigenvalue weighted by Crippen LogP contribution is -2.24. The van der Waals surface area contributed by atoms with Gasteiger partial charge in [0, 0.05) is 23.7 Å². The van der Waals surface area contributed by atoms with Crippen molar-refractivity contribution < 1.29 is 11.0 Å². The molecule has 0 bridgehead atoms. The van der Waals surface area contributed by atoms with Crippen molar-refractivity contribution in [2.24, 2.45) is 0 Å². The van der Waals surface area contributed by atoms with Crippen molar-refractivity contribution in [2.75, 3.05) is 10.6 Å². The number of anilines is 2. The van der Waals surface area contributed by atoms with Crippen molar-refractivity contribution in [3.63, 3.8) is 0 Å². The fourth-order valence-corrected chi connectivity index (χ4v) is 3.83. The first kappa shape index (κ1) is 25.5. The highest BCUT2D eigenvalue weighted by molar-refractivity contribution is 6.30. The summed E-state index contributed by atoms with van der Waals surface area (Å²) in [5.74, 6) is 0.811. The summed E-state index contributed by atoms with van der Waals surface area (Å²) in [6, 6.07) is 28.0. The fourth-order valence-electron chi connectivity index (χ4n) is 3.70. The molecule has 8 nitrogen and oxygen atoms in total. The standard InChI is InChI=1S/C26H21ClN6.2H2O/c27-21-13-11-20(12-14-21)22-15-29-24-23(30-22)25(32-26(28)31-24)33(16-18-7-3-1-4-8-18)17-19-9-5-2-6-10-19;;/h1-15H,16-17H2,(H2,28,29,31,32);2*1H2. The molecular weight excluding hydrogens is 464 g/mol. The molecule has 0 atom stereocenters. The van der Waals surface area contributed by atoms with Crippen LogP contribution in [0, 0.1) is 0 Å². The molecule has 5 rings (SSSR count). The number of hydrogen-bond acceptors (Lipinski definition) is 6. The Morgan fingerprint density at radius 3 is 1.86 bits per heavy atom. The lowest BCUT2D eigenvalue weighted by atomic mass is 10.1. The van der Waals surface area contributed by atoms with Crippen LogP contribution >= 0.6 is 11.6 Å². The van der Waals surface area contributed by atoms with E-state index in [4.69, 9.17) is 22.3 Å². The zero-order valence-electron chi connectivity index (χ0n) is 18.8. The van der Waals surface area contributed by atoms with Gasteiger partial charge in [-0.15, -0.1) is 0 Å². The molecule has 178 valence electrons. The molecule has 0 radical (unpaired) electrons. The summed E-state index contributed by atoms with van der Waals surface area (Å²) in [7, 11) is 0. The van der Waals surface area contributed by atoms with Crippen molar-refractivity contribution in [3.05, 3.63) is 107 Å². The number of nitrogen functional groups attached to an aromatic ring is 1. The van der Waals surface area contributed by atoms with Crippen molar-refractivity contribution in [2.45, 2.75) is 13.1 Å². The number of fused-ring (bicyclic) bond motifs is 1. The first-order valence-electron chi connectivity index (χ1n) is 10.5. The van der Waals surface area contributed by atoms with Gasteiger partial charge >= 0.3 is 0 Å². The molecule has 0 unspecified atom stereocenters. The van der Waals surface area contributed by atoms with E-state index >= 15 is 0 Å². The van der Waals surface area contributed by atoms with E-state index in [1.54, 1.807) is 6.20 Å². The second kappa shape index (κ2) is 11.3. The van der Waals surface area contributed by atoms with Gasteiger partial charge in [-0.05, 0) is 23.3 Å². The highest BCUT2D eigenvalue weighted by atomic mass is 35.5. The maximum atomic E-state index is 6.08. The van der Waals surface area contributed by atoms with Crippen molar-refractivity contribution in [1.29, 1.82) is 0 Å². The van der Waals surface area contributed by atoms with E-state index in [-0.39, 0.29) is 16.9 Å². The third-order valence-electron chi connectivity index (χ3n) is 5.28. The van der Waals surface area contributed by atoms with Crippen molar-refractivity contribution in [3.8, 4) is 11.3 Å². The average molecular weight is 489 g/mol. The number of halogens is 1. The van der Waals surface area contributed by atoms with Crippen LogP contribution in [0.25, 0.3) is 22.4 Å². The molecule has 0 fully saturated rings. The number of aromatic nitrogens is 4. The lowest BCUT2D eigenvalue weighted by Gasteiger charge is -2.25. The molecule has 0 aliphatic rings. The van der Waals surface area contributed by atoms with Crippen LogP contribution in [-0.2, 0) is 13.1 Å². The highest BCUT2D eigenvalue weighted by Gasteiger charge is 2.18. The summed E-state index contributed by atoms with van der Waals surface area (Å²) in [4.78, 5) is 20.5. The maximum absolute atomic E-state index is 6.08. The molecule has 0 aliphatic heterocycles. The van der Waals surface area contributed by atoms with Crippen LogP contribution in [0.4, 0.5) is 11.8 Å². The molecule has 2 aromatic heterocycles. The van der Waals surface area contributed by atoms with Gasteiger partial charge < -0.3 is 21.6 Å². The van der Waals surface area contributed by atoms with Gasteiger partial charge in [0.1, 0.15) is 0 Å². The third-order valence-corrected chi connectivity index (χ3v) is 5.53. The largest absolute Gasteiger partial charge is 0.412 e. The first-order valence-corrected chi connectivity index (χ1v) is 10.9. The van der Waals surface area contributed by atoms with Gasteiger partial charge in [-0.2, -0.15) is 9.97 Å². The van der Waals surface area contributed by atoms with Gasteiger partial charge in [0.25, 0.3) is 0 Å². The Bertz CT molecular complexity index is 1340. The molecule has 6 N–H and O–H groups in total. The minimum atomic E-state index is 0. The predicted octanol–water partition coefficient (Wildman–Crippen LogP) is 3.88. The molecule has 3 aromatic carbocycles. The smallest absolute Gasteiger partial charge is 0.224 e. The zero-order valence-corrected chi connectivity index (χ0v) is 19.5. The normalized spacial score (nSPS) is 10.3. The van der Waals surface area contributed by atoms with E-state index in [0.717, 1.165) is 16.7 Å². The molecule has 35 heavy (non-hydrogen) atoms. The van der Waals surface area contributed by atoms with Gasteiger partial charge in [-0.3, -0.25) is 0 Å². The molecule has 0 aliphatic carbocycles. The van der Waals surface area contributed by atoms with E-state index in [2.05, 4.69) is 44.1 Å². The Labute approximate surface area is 207 Å². The van der Waals surface area contributed by atoms with Gasteiger partial charge in [0.05, 0.1) is 11.9 Å². The Hall–Kier alpha value is -4.11. The van der Waals surface area contributed by atoms with E-state index in [0.29, 0.717) is 40.8 Å². The number of hydrogen-bond donors (Lipinski definition) is 1. The van der Waals surface area contributed by atoms with Crippen LogP contribution in [0.5, 0.6) is 0 Å². The summed E-state index contributed by atoms with van der Waals surface area (Å²) in [5, 5.41) is 0.668. The van der Waals surface area contributed by atoms with Crippen molar-refractivity contribution in [1.82, 2.24) is 19.9 Å². The van der Waals surface area contributed by atoms with E-state index < -0.39 is 0 Å². The summed E-state index contributed by atoms with van der Waals surface area (Å²) < 4.78 is 0. The third kappa shape index (κ3) is 5.88. The SMILES string of the molecule is Nc1nc(N(Cc2ccccc2)Cc2ccccc2)c2nc(-c3ccc(Cl)cc3)cnc2n1.O.O. The Morgan fingerprint density at radius 1 is 0.714 bits per heavy atom. The fraction of sp³-hybridized carbons (Fsp3) is 0.0769. The highest BCUT2D eigenvalue weighted by Crippen LogP contribution is 2.28. The molecule has 0 saturated carbocycles. The Balaban J connectivity index is 0.00000171. The summed E-state index contributed by atoms with van der Waals surface area (Å²) in [6.07, 6.45) is 1.69. The average Bonchev–Trinajstić information content (AvgIpc) is 2.85. The van der Waals surface area contributed by atoms with Crippen LogP contribution in [0.3, 0.4) is 0 Å². The van der Waals surface area contributed by atoms with Gasteiger partial charge in [0.2, 0.25) is 5.95 Å². The second-order valence-electron chi connectivity index (χ2n) is 7.67. The first-order chi connectivity index (χ1) is 16.2. The number of nitrogens with zero attached hydrogens (tertiary/aromatic N) is 5. The zero-order chi connectivity index (χ0) is 22.6. The van der Waals surface area contributed by atoms with Gasteiger partial charge in [-0.25, -0.2) is 9.97 Å². The summed E-state index contributed by atoms with van der Waals surface area (Å²) in [5.41, 5.74) is 11.1. The van der Waals surface area contributed by atoms with Crippen LogP contribution in [0.2, 0.25) is 5.02 Å². The maximum Gasteiger partial charge on any atom is 0.224 e. The second-order valence-corrected chi connectivity index (χ2v) is 8.10. The minimum Gasteiger partial charge on any atom is -0.412 e. The number of benzene rings is 3.